The fourth-order valence-electron chi connectivity index (χ4n) is 1.38. The van der Waals surface area contributed by atoms with Crippen molar-refractivity contribution in [2.75, 3.05) is 5.75 Å². The molecule has 0 saturated carbocycles. The lowest BCUT2D eigenvalue weighted by Crippen LogP contribution is -2.29. The van der Waals surface area contributed by atoms with Crippen molar-refractivity contribution in [1.82, 2.24) is 4.72 Å². The average molecular weight is 306 g/mol. The molecule has 1 N–H and O–H groups in total. The summed E-state index contributed by atoms with van der Waals surface area (Å²) in [5.41, 5.74) is 0.989. The van der Waals surface area contributed by atoms with Gasteiger partial charge in [-0.25, -0.2) is 13.1 Å². The third-order valence-corrected chi connectivity index (χ3v) is 4.31. The van der Waals surface area contributed by atoms with E-state index in [9.17, 15) is 8.42 Å². The standard InChI is InChI=1S/C11H16BrNO2S/c1-3-11(13-16(14,15)4-2)9-5-7-10(12)8-6-9/h5-8,11,13H,3-4H2,1-2H3. The second-order valence-electron chi connectivity index (χ2n) is 3.53. The first kappa shape index (κ1) is 13.7. The lowest BCUT2D eigenvalue weighted by molar-refractivity contribution is 0.551. The van der Waals surface area contributed by atoms with Crippen LogP contribution in [-0.4, -0.2) is 14.2 Å². The maximum Gasteiger partial charge on any atom is 0.211 e. The molecule has 0 aromatic heterocycles. The molecule has 0 amide bonds. The van der Waals surface area contributed by atoms with Gasteiger partial charge < -0.3 is 0 Å². The predicted molar refractivity (Wildman–Crippen MR) is 69.8 cm³/mol. The Balaban J connectivity index is 2.87. The normalized spacial score (nSPS) is 13.7. The predicted octanol–water partition coefficient (Wildman–Crippen LogP) is 2.84. The number of halogens is 1. The van der Waals surface area contributed by atoms with Crippen LogP contribution in [0, 0.1) is 0 Å². The van der Waals surface area contributed by atoms with Crippen molar-refractivity contribution < 1.29 is 8.42 Å². The lowest BCUT2D eigenvalue weighted by Gasteiger charge is -2.16. The molecule has 3 nitrogen and oxygen atoms in total. The number of hydrogen-bond donors (Lipinski definition) is 1. The van der Waals surface area contributed by atoms with E-state index in [1.807, 2.05) is 31.2 Å². The van der Waals surface area contributed by atoms with Crippen LogP contribution in [0.2, 0.25) is 0 Å². The molecule has 0 heterocycles. The third-order valence-electron chi connectivity index (χ3n) is 2.38. The van der Waals surface area contributed by atoms with Gasteiger partial charge in [-0.1, -0.05) is 35.0 Å². The quantitative estimate of drug-likeness (QED) is 0.909. The first-order valence-electron chi connectivity index (χ1n) is 5.24. The number of sulfonamides is 1. The Morgan fingerprint density at radius 2 is 1.81 bits per heavy atom. The summed E-state index contributed by atoms with van der Waals surface area (Å²) < 4.78 is 26.7. The van der Waals surface area contributed by atoms with E-state index in [0.717, 1.165) is 16.5 Å². The molecule has 1 aromatic rings. The average Bonchev–Trinajstić information content (AvgIpc) is 2.27. The van der Waals surface area contributed by atoms with Crippen molar-refractivity contribution in [3.8, 4) is 0 Å². The van der Waals surface area contributed by atoms with Crippen LogP contribution in [0.15, 0.2) is 28.7 Å². The van der Waals surface area contributed by atoms with E-state index in [1.54, 1.807) is 6.92 Å². The zero-order valence-electron chi connectivity index (χ0n) is 9.40. The zero-order chi connectivity index (χ0) is 12.2. The third kappa shape index (κ3) is 3.88. The van der Waals surface area contributed by atoms with Gasteiger partial charge in [0.25, 0.3) is 0 Å². The summed E-state index contributed by atoms with van der Waals surface area (Å²) >= 11 is 3.35. The maximum absolute atomic E-state index is 11.5. The molecule has 16 heavy (non-hydrogen) atoms. The molecular weight excluding hydrogens is 290 g/mol. The van der Waals surface area contributed by atoms with Crippen LogP contribution >= 0.6 is 15.9 Å². The molecule has 0 fully saturated rings. The van der Waals surface area contributed by atoms with E-state index < -0.39 is 10.0 Å². The molecule has 1 atom stereocenters. The molecule has 0 spiro atoms. The second kappa shape index (κ2) is 5.80. The van der Waals surface area contributed by atoms with Gasteiger partial charge in [-0.05, 0) is 31.0 Å². The van der Waals surface area contributed by atoms with Crippen LogP contribution in [0.1, 0.15) is 31.9 Å². The van der Waals surface area contributed by atoms with Gasteiger partial charge in [-0.2, -0.15) is 0 Å². The molecule has 5 heteroatoms. The summed E-state index contributed by atoms with van der Waals surface area (Å²) in [6.07, 6.45) is 0.737. The Morgan fingerprint density at radius 1 is 1.25 bits per heavy atom. The molecule has 1 rings (SSSR count). The van der Waals surface area contributed by atoms with Crippen LogP contribution in [0.25, 0.3) is 0 Å². The second-order valence-corrected chi connectivity index (χ2v) is 6.49. The first-order chi connectivity index (χ1) is 7.48. The topological polar surface area (TPSA) is 46.2 Å². The zero-order valence-corrected chi connectivity index (χ0v) is 11.8. The Morgan fingerprint density at radius 3 is 2.25 bits per heavy atom. The van der Waals surface area contributed by atoms with Gasteiger partial charge >= 0.3 is 0 Å². The van der Waals surface area contributed by atoms with Gasteiger partial charge in [0, 0.05) is 10.5 Å². The van der Waals surface area contributed by atoms with Crippen LogP contribution in [0.4, 0.5) is 0 Å². The van der Waals surface area contributed by atoms with Crippen molar-refractivity contribution >= 4 is 26.0 Å². The van der Waals surface area contributed by atoms with Crippen molar-refractivity contribution in [3.05, 3.63) is 34.3 Å². The van der Waals surface area contributed by atoms with E-state index in [2.05, 4.69) is 20.7 Å². The summed E-state index contributed by atoms with van der Waals surface area (Å²) in [6, 6.07) is 7.54. The van der Waals surface area contributed by atoms with Crippen molar-refractivity contribution in [1.29, 1.82) is 0 Å². The fraction of sp³-hybridized carbons (Fsp3) is 0.455. The minimum Gasteiger partial charge on any atom is -0.212 e. The largest absolute Gasteiger partial charge is 0.212 e. The summed E-state index contributed by atoms with van der Waals surface area (Å²) in [7, 11) is -3.15. The highest BCUT2D eigenvalue weighted by atomic mass is 79.9. The summed E-state index contributed by atoms with van der Waals surface area (Å²) in [6.45, 7) is 3.60. The SMILES string of the molecule is CCC(NS(=O)(=O)CC)c1ccc(Br)cc1. The molecule has 90 valence electrons. The fourth-order valence-corrected chi connectivity index (χ4v) is 2.55. The summed E-state index contributed by atoms with van der Waals surface area (Å²) in [4.78, 5) is 0. The summed E-state index contributed by atoms with van der Waals surface area (Å²) in [5, 5.41) is 0. The van der Waals surface area contributed by atoms with Crippen LogP contribution in [0.5, 0.6) is 0 Å². The van der Waals surface area contributed by atoms with Crippen molar-refractivity contribution in [2.24, 2.45) is 0 Å². The van der Waals surface area contributed by atoms with Gasteiger partial charge in [0.15, 0.2) is 0 Å². The Labute approximate surface area is 105 Å². The summed E-state index contributed by atoms with van der Waals surface area (Å²) in [5.74, 6) is 0.111. The Bertz CT molecular complexity index is 428. The van der Waals surface area contributed by atoms with Gasteiger partial charge in [-0.15, -0.1) is 0 Å². The highest BCUT2D eigenvalue weighted by molar-refractivity contribution is 9.10. The van der Waals surface area contributed by atoms with Gasteiger partial charge in [-0.3, -0.25) is 0 Å². The van der Waals surface area contributed by atoms with Gasteiger partial charge in [0.2, 0.25) is 10.0 Å². The van der Waals surface area contributed by atoms with E-state index in [4.69, 9.17) is 0 Å². The number of hydrogen-bond acceptors (Lipinski definition) is 2. The smallest absolute Gasteiger partial charge is 0.211 e. The molecule has 0 radical (unpaired) electrons. The van der Waals surface area contributed by atoms with E-state index >= 15 is 0 Å². The number of nitrogens with one attached hydrogen (secondary N) is 1. The van der Waals surface area contributed by atoms with Gasteiger partial charge in [0.1, 0.15) is 0 Å². The number of benzene rings is 1. The Kier molecular flexibility index (Phi) is 4.95. The number of rotatable bonds is 5. The van der Waals surface area contributed by atoms with Crippen LogP contribution < -0.4 is 4.72 Å². The molecule has 0 saturated heterocycles. The van der Waals surface area contributed by atoms with Crippen molar-refractivity contribution in [3.63, 3.8) is 0 Å². The molecule has 1 unspecified atom stereocenters. The van der Waals surface area contributed by atoms with Gasteiger partial charge in [0.05, 0.1) is 5.75 Å². The minimum atomic E-state index is -3.15. The molecular formula is C11H16BrNO2S. The minimum absolute atomic E-state index is 0.111. The first-order valence-corrected chi connectivity index (χ1v) is 7.68. The highest BCUT2D eigenvalue weighted by Gasteiger charge is 2.15. The lowest BCUT2D eigenvalue weighted by atomic mass is 10.1. The molecule has 0 aliphatic rings. The molecule has 1 aromatic carbocycles. The van der Waals surface area contributed by atoms with Crippen LogP contribution in [-0.2, 0) is 10.0 Å². The highest BCUT2D eigenvalue weighted by Crippen LogP contribution is 2.20. The van der Waals surface area contributed by atoms with Crippen molar-refractivity contribution in [2.45, 2.75) is 26.3 Å². The van der Waals surface area contributed by atoms with Crippen LogP contribution in [0.3, 0.4) is 0 Å². The molecule has 0 aliphatic heterocycles. The monoisotopic (exact) mass is 305 g/mol. The maximum atomic E-state index is 11.5. The Hall–Kier alpha value is -0.390. The molecule has 0 bridgehead atoms. The van der Waals surface area contributed by atoms with E-state index in [0.29, 0.717) is 0 Å². The molecule has 0 aliphatic carbocycles. The van der Waals surface area contributed by atoms with E-state index in [1.165, 1.54) is 0 Å². The van der Waals surface area contributed by atoms with E-state index in [-0.39, 0.29) is 11.8 Å².